The van der Waals surface area contributed by atoms with Crippen molar-refractivity contribution in [1.82, 2.24) is 0 Å². The molecule has 2 fully saturated rings. The van der Waals surface area contributed by atoms with Gasteiger partial charge >= 0.3 is 0 Å². The van der Waals surface area contributed by atoms with Crippen LogP contribution in [0.4, 0.5) is 0 Å². The van der Waals surface area contributed by atoms with Crippen LogP contribution in [0, 0.1) is 29.6 Å². The summed E-state index contributed by atoms with van der Waals surface area (Å²) >= 11 is 0. The van der Waals surface area contributed by atoms with Crippen LogP contribution >= 0.6 is 0 Å². The SMILES string of the molecule is C#C[C@@]1(O)CC[C@@H]2[C@H]3CCc4cc(O)ccc4[C@@H]3CC[C@]21C. The molecule has 1 aromatic rings. The molecule has 2 saturated carbocycles. The third-order valence-corrected chi connectivity index (χ3v) is 7.10. The summed E-state index contributed by atoms with van der Waals surface area (Å²) in [6, 6.07) is 5.87. The molecular weight excluding hydrogens is 272 g/mol. The van der Waals surface area contributed by atoms with Crippen LogP contribution in [0.2, 0.25) is 0 Å². The van der Waals surface area contributed by atoms with Crippen LogP contribution in [0.25, 0.3) is 0 Å². The Bertz CT molecular complexity index is 658. The van der Waals surface area contributed by atoms with Gasteiger partial charge in [-0.25, -0.2) is 0 Å². The predicted molar refractivity (Wildman–Crippen MR) is 86.5 cm³/mol. The van der Waals surface area contributed by atoms with Crippen molar-refractivity contribution in [3.63, 3.8) is 0 Å². The number of hydrogen-bond donors (Lipinski definition) is 2. The zero-order chi connectivity index (χ0) is 15.5. The van der Waals surface area contributed by atoms with Crippen molar-refractivity contribution in [2.75, 3.05) is 0 Å². The lowest BCUT2D eigenvalue weighted by molar-refractivity contribution is -0.0646. The van der Waals surface area contributed by atoms with Crippen molar-refractivity contribution in [1.29, 1.82) is 0 Å². The summed E-state index contributed by atoms with van der Waals surface area (Å²) in [6.45, 7) is 2.22. The van der Waals surface area contributed by atoms with Gasteiger partial charge in [0.2, 0.25) is 0 Å². The number of aryl methyl sites for hydroxylation is 1. The Balaban J connectivity index is 1.72. The highest BCUT2D eigenvalue weighted by Gasteiger charge is 2.61. The zero-order valence-corrected chi connectivity index (χ0v) is 13.2. The quantitative estimate of drug-likeness (QED) is 0.718. The Labute approximate surface area is 132 Å². The van der Waals surface area contributed by atoms with Crippen molar-refractivity contribution in [2.45, 2.75) is 57.0 Å². The standard InChI is InChI=1S/C20H24O2/c1-3-20(22)11-9-18-17-6-4-13-12-14(21)5-7-15(13)16(17)8-10-19(18,20)2/h1,5,7,12,16-18,21-22H,4,6,8-11H2,2H3/t16-,17-,18+,19+,20+/m0/s1. The molecule has 1 aromatic carbocycles. The monoisotopic (exact) mass is 296 g/mol. The first kappa shape index (κ1) is 14.2. The molecule has 4 rings (SSSR count). The lowest BCUT2D eigenvalue weighted by Crippen LogP contribution is -2.50. The van der Waals surface area contributed by atoms with Crippen molar-refractivity contribution in [3.8, 4) is 18.1 Å². The van der Waals surface area contributed by atoms with Gasteiger partial charge in [0.05, 0.1) is 0 Å². The highest BCUT2D eigenvalue weighted by molar-refractivity contribution is 5.40. The molecule has 0 aliphatic heterocycles. The Morgan fingerprint density at radius 1 is 1.23 bits per heavy atom. The van der Waals surface area contributed by atoms with Crippen LogP contribution < -0.4 is 0 Å². The van der Waals surface area contributed by atoms with Gasteiger partial charge in [0.25, 0.3) is 0 Å². The maximum Gasteiger partial charge on any atom is 0.130 e. The Morgan fingerprint density at radius 3 is 2.82 bits per heavy atom. The first-order chi connectivity index (χ1) is 10.5. The van der Waals surface area contributed by atoms with Gasteiger partial charge in [0.1, 0.15) is 11.4 Å². The molecule has 2 N–H and O–H groups in total. The number of phenols is 1. The number of hydrogen-bond acceptors (Lipinski definition) is 2. The lowest BCUT2D eigenvalue weighted by atomic mass is 9.53. The summed E-state index contributed by atoms with van der Waals surface area (Å²) in [5.74, 6) is 4.82. The van der Waals surface area contributed by atoms with E-state index >= 15 is 0 Å². The minimum atomic E-state index is -0.919. The second kappa shape index (κ2) is 4.52. The summed E-state index contributed by atoms with van der Waals surface area (Å²) < 4.78 is 0. The molecule has 5 atom stereocenters. The third kappa shape index (κ3) is 1.66. The molecule has 0 bridgehead atoms. The van der Waals surface area contributed by atoms with Crippen LogP contribution in [0.5, 0.6) is 5.75 Å². The predicted octanol–water partition coefficient (Wildman–Crippen LogP) is 3.61. The first-order valence-corrected chi connectivity index (χ1v) is 8.50. The number of fused-ring (bicyclic) bond motifs is 5. The van der Waals surface area contributed by atoms with Gasteiger partial charge in [0, 0.05) is 5.41 Å². The largest absolute Gasteiger partial charge is 0.508 e. The fourth-order valence-corrected chi connectivity index (χ4v) is 5.82. The molecule has 0 saturated heterocycles. The summed E-state index contributed by atoms with van der Waals surface area (Å²) in [7, 11) is 0. The first-order valence-electron chi connectivity index (χ1n) is 8.50. The zero-order valence-electron chi connectivity index (χ0n) is 13.2. The molecule has 0 radical (unpaired) electrons. The molecule has 0 heterocycles. The maximum atomic E-state index is 10.9. The van der Waals surface area contributed by atoms with Crippen LogP contribution in [0.3, 0.4) is 0 Å². The van der Waals surface area contributed by atoms with Crippen LogP contribution in [0.1, 0.15) is 56.1 Å². The van der Waals surface area contributed by atoms with E-state index in [0.29, 0.717) is 23.5 Å². The Morgan fingerprint density at radius 2 is 2.05 bits per heavy atom. The van der Waals surface area contributed by atoms with Gasteiger partial charge in [-0.15, -0.1) is 6.42 Å². The van der Waals surface area contributed by atoms with E-state index in [0.717, 1.165) is 38.5 Å². The molecule has 3 aliphatic carbocycles. The fourth-order valence-electron chi connectivity index (χ4n) is 5.82. The smallest absolute Gasteiger partial charge is 0.130 e. The molecule has 116 valence electrons. The minimum Gasteiger partial charge on any atom is -0.508 e. The highest BCUT2D eigenvalue weighted by atomic mass is 16.3. The Kier molecular flexibility index (Phi) is 2.91. The molecule has 22 heavy (non-hydrogen) atoms. The van der Waals surface area contributed by atoms with Gasteiger partial charge in [-0.2, -0.15) is 0 Å². The molecule has 0 spiro atoms. The molecule has 2 nitrogen and oxygen atoms in total. The van der Waals surface area contributed by atoms with Crippen molar-refractivity contribution in [3.05, 3.63) is 29.3 Å². The number of aromatic hydroxyl groups is 1. The van der Waals surface area contributed by atoms with Crippen LogP contribution in [-0.4, -0.2) is 15.8 Å². The second-order valence-corrected chi connectivity index (χ2v) is 7.80. The van der Waals surface area contributed by atoms with Gasteiger partial charge in [0.15, 0.2) is 0 Å². The van der Waals surface area contributed by atoms with Crippen molar-refractivity contribution < 1.29 is 10.2 Å². The van der Waals surface area contributed by atoms with E-state index in [1.165, 1.54) is 11.1 Å². The maximum absolute atomic E-state index is 10.9. The molecule has 0 unspecified atom stereocenters. The normalized spacial score (nSPS) is 42.9. The van der Waals surface area contributed by atoms with E-state index in [9.17, 15) is 10.2 Å². The van der Waals surface area contributed by atoms with Crippen LogP contribution in [-0.2, 0) is 6.42 Å². The number of rotatable bonds is 0. The minimum absolute atomic E-state index is 0.128. The summed E-state index contributed by atoms with van der Waals surface area (Å²) in [4.78, 5) is 0. The second-order valence-electron chi connectivity index (χ2n) is 7.80. The molecular formula is C20H24O2. The topological polar surface area (TPSA) is 40.5 Å². The highest BCUT2D eigenvalue weighted by Crippen LogP contribution is 2.64. The molecule has 2 heteroatoms. The third-order valence-electron chi connectivity index (χ3n) is 7.10. The number of aliphatic hydroxyl groups is 1. The van der Waals surface area contributed by atoms with E-state index < -0.39 is 5.60 Å². The summed E-state index contributed by atoms with van der Waals surface area (Å²) in [6.07, 6.45) is 11.8. The fraction of sp³-hybridized carbons (Fsp3) is 0.600. The number of terminal acetylenes is 1. The molecule has 0 aromatic heterocycles. The van der Waals surface area contributed by atoms with Crippen LogP contribution in [0.15, 0.2) is 18.2 Å². The average molecular weight is 296 g/mol. The number of phenolic OH excluding ortho intramolecular Hbond substituents is 1. The average Bonchev–Trinajstić information content (AvgIpc) is 2.79. The summed E-state index contributed by atoms with van der Waals surface area (Å²) in [5.41, 5.74) is 1.69. The van der Waals surface area contributed by atoms with Gasteiger partial charge in [-0.1, -0.05) is 18.9 Å². The lowest BCUT2D eigenvalue weighted by Gasteiger charge is -2.52. The Hall–Kier alpha value is -1.46. The van der Waals surface area contributed by atoms with E-state index in [-0.39, 0.29) is 5.41 Å². The number of benzene rings is 1. The van der Waals surface area contributed by atoms with Gasteiger partial charge < -0.3 is 10.2 Å². The van der Waals surface area contributed by atoms with E-state index in [4.69, 9.17) is 6.42 Å². The van der Waals surface area contributed by atoms with E-state index in [1.54, 1.807) is 0 Å². The van der Waals surface area contributed by atoms with Crippen molar-refractivity contribution >= 4 is 0 Å². The van der Waals surface area contributed by atoms with E-state index in [2.05, 4.69) is 18.9 Å². The summed E-state index contributed by atoms with van der Waals surface area (Å²) in [5, 5.41) is 20.6. The van der Waals surface area contributed by atoms with Crippen molar-refractivity contribution in [2.24, 2.45) is 17.3 Å². The molecule has 0 amide bonds. The van der Waals surface area contributed by atoms with E-state index in [1.807, 2.05) is 12.1 Å². The van der Waals surface area contributed by atoms with Gasteiger partial charge in [-0.3, -0.25) is 0 Å². The van der Waals surface area contributed by atoms with Gasteiger partial charge in [-0.05, 0) is 79.5 Å². The molecule has 3 aliphatic rings.